The molecule has 0 aliphatic carbocycles. The number of nitrogens with one attached hydrogen (secondary N) is 1. The monoisotopic (exact) mass is 271 g/mol. The van der Waals surface area contributed by atoms with Gasteiger partial charge in [-0.25, -0.2) is 9.98 Å². The highest BCUT2D eigenvalue weighted by atomic mass is 15.1. The second-order valence-corrected chi connectivity index (χ2v) is 5.08. The summed E-state index contributed by atoms with van der Waals surface area (Å²) in [5.41, 5.74) is 6.81. The number of guanidine groups is 1. The van der Waals surface area contributed by atoms with Crippen LogP contribution in [0.1, 0.15) is 19.7 Å². The highest BCUT2D eigenvalue weighted by Gasteiger charge is 2.04. The maximum Gasteiger partial charge on any atom is 0.193 e. The maximum atomic E-state index is 5.88. The average Bonchev–Trinajstić information content (AvgIpc) is 2.84. The van der Waals surface area contributed by atoms with Crippen LogP contribution in [0.25, 0.3) is 0 Å². The predicted octanol–water partition coefficient (Wildman–Crippen LogP) is 2.47. The summed E-state index contributed by atoms with van der Waals surface area (Å²) < 4.78 is 2.12. The molecule has 5 nitrogen and oxygen atoms in total. The summed E-state index contributed by atoms with van der Waals surface area (Å²) in [6, 6.07) is 9.75. The second kappa shape index (κ2) is 6.75. The van der Waals surface area contributed by atoms with E-state index in [9.17, 15) is 0 Å². The molecule has 2 aromatic rings. The van der Waals surface area contributed by atoms with Crippen molar-refractivity contribution in [1.82, 2.24) is 9.55 Å². The molecule has 2 rings (SSSR count). The van der Waals surface area contributed by atoms with Crippen LogP contribution in [0.3, 0.4) is 0 Å². The molecule has 0 fully saturated rings. The fraction of sp³-hybridized carbons (Fsp3) is 0.333. The lowest BCUT2D eigenvalue weighted by Gasteiger charge is -2.09. The van der Waals surface area contributed by atoms with Gasteiger partial charge in [0, 0.05) is 24.6 Å². The summed E-state index contributed by atoms with van der Waals surface area (Å²) in [5, 5.41) is 3.06. The van der Waals surface area contributed by atoms with E-state index in [1.165, 1.54) is 0 Å². The molecule has 0 bridgehead atoms. The molecule has 1 heterocycles. The number of imidazole rings is 1. The van der Waals surface area contributed by atoms with Gasteiger partial charge in [0.15, 0.2) is 5.96 Å². The Kier molecular flexibility index (Phi) is 4.76. The first-order chi connectivity index (χ1) is 9.65. The Labute approximate surface area is 119 Å². The van der Waals surface area contributed by atoms with E-state index in [1.807, 2.05) is 36.5 Å². The van der Waals surface area contributed by atoms with Gasteiger partial charge in [-0.05, 0) is 18.1 Å². The number of nitrogens with two attached hydrogens (primary N) is 1. The Morgan fingerprint density at radius 2 is 2.10 bits per heavy atom. The normalized spacial score (nSPS) is 11.8. The van der Waals surface area contributed by atoms with Gasteiger partial charge >= 0.3 is 0 Å². The van der Waals surface area contributed by atoms with Crippen LogP contribution in [-0.4, -0.2) is 15.5 Å². The highest BCUT2D eigenvalue weighted by Crippen LogP contribution is 2.06. The van der Waals surface area contributed by atoms with Crippen LogP contribution in [0.2, 0.25) is 0 Å². The number of para-hydroxylation sites is 1. The molecule has 106 valence electrons. The molecule has 3 N–H and O–H groups in total. The zero-order valence-corrected chi connectivity index (χ0v) is 12.0. The van der Waals surface area contributed by atoms with Crippen molar-refractivity contribution >= 4 is 11.6 Å². The number of hydrogen-bond donors (Lipinski definition) is 2. The fourth-order valence-corrected chi connectivity index (χ4v) is 1.92. The van der Waals surface area contributed by atoms with Gasteiger partial charge in [0.1, 0.15) is 12.4 Å². The van der Waals surface area contributed by atoms with E-state index < -0.39 is 0 Å². The van der Waals surface area contributed by atoms with Crippen molar-refractivity contribution in [3.63, 3.8) is 0 Å². The topological polar surface area (TPSA) is 68.2 Å². The van der Waals surface area contributed by atoms with Crippen molar-refractivity contribution in [2.24, 2.45) is 16.6 Å². The minimum atomic E-state index is 0.398. The quantitative estimate of drug-likeness (QED) is 0.648. The lowest BCUT2D eigenvalue weighted by atomic mass is 10.2. The lowest BCUT2D eigenvalue weighted by molar-refractivity contribution is 0.507. The second-order valence-electron chi connectivity index (χ2n) is 5.08. The van der Waals surface area contributed by atoms with E-state index in [2.05, 4.69) is 33.7 Å². The number of hydrogen-bond acceptors (Lipinski definition) is 2. The van der Waals surface area contributed by atoms with Crippen molar-refractivity contribution in [1.29, 1.82) is 0 Å². The molecule has 0 saturated heterocycles. The molecule has 1 aromatic heterocycles. The molecule has 0 aliphatic rings. The molecular weight excluding hydrogens is 250 g/mol. The van der Waals surface area contributed by atoms with Gasteiger partial charge in [-0.1, -0.05) is 32.0 Å². The largest absolute Gasteiger partial charge is 0.370 e. The van der Waals surface area contributed by atoms with E-state index in [0.717, 1.165) is 18.1 Å². The average molecular weight is 271 g/mol. The molecule has 0 amide bonds. The van der Waals surface area contributed by atoms with Crippen LogP contribution in [-0.2, 0) is 13.1 Å². The Hall–Kier alpha value is -2.30. The van der Waals surface area contributed by atoms with Crippen LogP contribution in [0, 0.1) is 5.92 Å². The van der Waals surface area contributed by atoms with Crippen molar-refractivity contribution in [3.8, 4) is 0 Å². The van der Waals surface area contributed by atoms with Gasteiger partial charge in [-0.3, -0.25) is 0 Å². The molecule has 5 heteroatoms. The summed E-state index contributed by atoms with van der Waals surface area (Å²) in [4.78, 5) is 8.65. The number of aliphatic imine (C=N–C) groups is 1. The first-order valence-electron chi connectivity index (χ1n) is 6.77. The summed E-state index contributed by atoms with van der Waals surface area (Å²) in [5.74, 6) is 1.90. The van der Waals surface area contributed by atoms with Gasteiger partial charge < -0.3 is 15.6 Å². The number of benzene rings is 1. The SMILES string of the molecule is CC(C)Cn1ccnc1CN=C(N)Nc1ccccc1. The molecule has 20 heavy (non-hydrogen) atoms. The number of aromatic nitrogens is 2. The smallest absolute Gasteiger partial charge is 0.193 e. The molecule has 0 radical (unpaired) electrons. The van der Waals surface area contributed by atoms with Crippen molar-refractivity contribution < 1.29 is 0 Å². The summed E-state index contributed by atoms with van der Waals surface area (Å²) in [7, 11) is 0. The Balaban J connectivity index is 1.97. The highest BCUT2D eigenvalue weighted by molar-refractivity contribution is 5.92. The Morgan fingerprint density at radius 3 is 2.80 bits per heavy atom. The molecule has 0 unspecified atom stereocenters. The Bertz CT molecular complexity index is 557. The minimum Gasteiger partial charge on any atom is -0.370 e. The predicted molar refractivity (Wildman–Crippen MR) is 82.5 cm³/mol. The first-order valence-corrected chi connectivity index (χ1v) is 6.77. The summed E-state index contributed by atoms with van der Waals surface area (Å²) >= 11 is 0. The minimum absolute atomic E-state index is 0.398. The van der Waals surface area contributed by atoms with Gasteiger partial charge in [-0.15, -0.1) is 0 Å². The first kappa shape index (κ1) is 14.1. The molecule has 0 aliphatic heterocycles. The molecule has 0 saturated carbocycles. The van der Waals surface area contributed by atoms with Crippen molar-refractivity contribution in [3.05, 3.63) is 48.5 Å². The molecule has 1 aromatic carbocycles. The summed E-state index contributed by atoms with van der Waals surface area (Å²) in [6.07, 6.45) is 3.78. The van der Waals surface area contributed by atoms with E-state index >= 15 is 0 Å². The molecule has 0 atom stereocenters. The van der Waals surface area contributed by atoms with Gasteiger partial charge in [0.05, 0.1) is 0 Å². The zero-order valence-electron chi connectivity index (χ0n) is 12.0. The van der Waals surface area contributed by atoms with Crippen LogP contribution >= 0.6 is 0 Å². The zero-order chi connectivity index (χ0) is 14.4. The van der Waals surface area contributed by atoms with Crippen molar-refractivity contribution in [2.75, 3.05) is 5.32 Å². The maximum absolute atomic E-state index is 5.88. The number of anilines is 1. The van der Waals surface area contributed by atoms with E-state index in [4.69, 9.17) is 5.73 Å². The van der Waals surface area contributed by atoms with Crippen LogP contribution < -0.4 is 11.1 Å². The number of rotatable bonds is 5. The Morgan fingerprint density at radius 1 is 1.35 bits per heavy atom. The van der Waals surface area contributed by atoms with Gasteiger partial charge in [0.25, 0.3) is 0 Å². The van der Waals surface area contributed by atoms with Crippen LogP contribution in [0.5, 0.6) is 0 Å². The molecule has 0 spiro atoms. The summed E-state index contributed by atoms with van der Waals surface area (Å²) in [6.45, 7) is 5.78. The number of nitrogens with zero attached hydrogens (tertiary/aromatic N) is 3. The third kappa shape index (κ3) is 4.12. The third-order valence-electron chi connectivity index (χ3n) is 2.80. The third-order valence-corrected chi connectivity index (χ3v) is 2.80. The van der Waals surface area contributed by atoms with Crippen molar-refractivity contribution in [2.45, 2.75) is 26.9 Å². The lowest BCUT2D eigenvalue weighted by Crippen LogP contribution is -2.22. The van der Waals surface area contributed by atoms with Gasteiger partial charge in [-0.2, -0.15) is 0 Å². The van der Waals surface area contributed by atoms with E-state index in [0.29, 0.717) is 18.4 Å². The molecular formula is C15H21N5. The van der Waals surface area contributed by atoms with E-state index in [1.54, 1.807) is 6.20 Å². The van der Waals surface area contributed by atoms with E-state index in [-0.39, 0.29) is 0 Å². The van der Waals surface area contributed by atoms with Crippen LogP contribution in [0.4, 0.5) is 5.69 Å². The standard InChI is InChI=1S/C15H21N5/c1-12(2)11-20-9-8-17-14(20)10-18-15(16)19-13-6-4-3-5-7-13/h3-9,12H,10-11H2,1-2H3,(H3,16,18,19). The van der Waals surface area contributed by atoms with Crippen LogP contribution in [0.15, 0.2) is 47.7 Å². The van der Waals surface area contributed by atoms with Gasteiger partial charge in [0.2, 0.25) is 0 Å². The fourth-order valence-electron chi connectivity index (χ4n) is 1.92.